The van der Waals surface area contributed by atoms with Crippen molar-refractivity contribution in [3.63, 3.8) is 0 Å². The first-order valence-corrected chi connectivity index (χ1v) is 20.5. The Labute approximate surface area is 333 Å². The molecular formula is C46H51N5O6. The van der Waals surface area contributed by atoms with Gasteiger partial charge in [-0.1, -0.05) is 62.4 Å². The van der Waals surface area contributed by atoms with E-state index in [9.17, 15) is 9.59 Å². The maximum atomic E-state index is 14.2. The fourth-order valence-corrected chi connectivity index (χ4v) is 7.98. The van der Waals surface area contributed by atoms with Crippen molar-refractivity contribution in [1.82, 2.24) is 14.5 Å². The van der Waals surface area contributed by atoms with Crippen molar-refractivity contribution in [3.05, 3.63) is 101 Å². The van der Waals surface area contributed by atoms with Crippen LogP contribution in [0.3, 0.4) is 0 Å². The van der Waals surface area contributed by atoms with E-state index in [0.717, 1.165) is 100 Å². The normalized spacial score (nSPS) is 16.4. The Bertz CT molecular complexity index is 2250. The molecule has 1 amide bonds. The summed E-state index contributed by atoms with van der Waals surface area (Å²) < 4.78 is 25.0. The van der Waals surface area contributed by atoms with E-state index in [4.69, 9.17) is 23.9 Å². The standard InChI is InChI=1S/C46H51N5O6/c1-54-42-30-39-41(47-32-36-15-12-22-50(36)45(39)52)31-43(42)57-26-11-6-4-2-3-5-10-25-56-37-19-16-34(17-20-37)51-44(33-13-8-7-9-14-33)48-40-21-18-35(29-38(40)46(51)53)49-23-27-55-28-24-49/h7-9,13-14,16-21,29-32,36H,2-6,10-12,15,22-28H2,1H3/t36-/m0/s1. The monoisotopic (exact) mass is 769 g/mol. The van der Waals surface area contributed by atoms with Crippen LogP contribution in [0.15, 0.2) is 94.7 Å². The van der Waals surface area contributed by atoms with Crippen LogP contribution in [0.5, 0.6) is 17.2 Å². The number of aromatic nitrogens is 2. The highest BCUT2D eigenvalue weighted by Gasteiger charge is 2.32. The molecule has 0 N–H and O–H groups in total. The van der Waals surface area contributed by atoms with Crippen LogP contribution in [0.25, 0.3) is 28.0 Å². The molecule has 0 saturated carbocycles. The van der Waals surface area contributed by atoms with Gasteiger partial charge >= 0.3 is 0 Å². The van der Waals surface area contributed by atoms with E-state index in [1.165, 1.54) is 0 Å². The van der Waals surface area contributed by atoms with Gasteiger partial charge in [-0.25, -0.2) is 4.98 Å². The van der Waals surface area contributed by atoms with Gasteiger partial charge in [0.1, 0.15) is 11.6 Å². The molecule has 4 heterocycles. The average molecular weight is 770 g/mol. The Morgan fingerprint density at radius 1 is 0.754 bits per heavy atom. The fraction of sp³-hybridized carbons (Fsp3) is 0.391. The first-order valence-electron chi connectivity index (χ1n) is 20.5. The molecule has 4 aromatic carbocycles. The lowest BCUT2D eigenvalue weighted by atomic mass is 10.1. The smallest absolute Gasteiger partial charge is 0.266 e. The lowest BCUT2D eigenvalue weighted by molar-refractivity contribution is 0.0774. The highest BCUT2D eigenvalue weighted by atomic mass is 16.5. The van der Waals surface area contributed by atoms with E-state index in [1.807, 2.05) is 90.0 Å². The summed E-state index contributed by atoms with van der Waals surface area (Å²) in [6, 6.07) is 27.2. The summed E-state index contributed by atoms with van der Waals surface area (Å²) in [4.78, 5) is 41.1. The molecular weight excluding hydrogens is 719 g/mol. The van der Waals surface area contributed by atoms with Gasteiger partial charge in [0.15, 0.2) is 11.5 Å². The van der Waals surface area contributed by atoms with Crippen LogP contribution in [-0.4, -0.2) is 85.8 Å². The van der Waals surface area contributed by atoms with E-state index in [2.05, 4.69) is 9.89 Å². The van der Waals surface area contributed by atoms with E-state index < -0.39 is 0 Å². The van der Waals surface area contributed by atoms with Crippen LogP contribution < -0.4 is 24.7 Å². The van der Waals surface area contributed by atoms with E-state index in [0.29, 0.717) is 65.9 Å². The van der Waals surface area contributed by atoms with Gasteiger partial charge in [0, 0.05) is 43.2 Å². The first-order chi connectivity index (χ1) is 28.1. The van der Waals surface area contributed by atoms with E-state index in [-0.39, 0.29) is 17.5 Å². The van der Waals surface area contributed by atoms with Crippen molar-refractivity contribution in [2.24, 2.45) is 4.99 Å². The number of fused-ring (bicyclic) bond motifs is 3. The Balaban J connectivity index is 0.794. The van der Waals surface area contributed by atoms with Crippen LogP contribution in [-0.2, 0) is 4.74 Å². The molecule has 296 valence electrons. The summed E-state index contributed by atoms with van der Waals surface area (Å²) >= 11 is 0. The number of hydrogen-bond donors (Lipinski definition) is 0. The number of carbonyl (C=O) groups excluding carboxylic acids is 1. The Morgan fingerprint density at radius 3 is 2.23 bits per heavy atom. The van der Waals surface area contributed by atoms with Crippen molar-refractivity contribution >= 4 is 34.4 Å². The number of amides is 1. The molecule has 1 aromatic heterocycles. The molecule has 0 bridgehead atoms. The number of morpholine rings is 1. The third-order valence-electron chi connectivity index (χ3n) is 11.1. The number of unbranched alkanes of at least 4 members (excludes halogenated alkanes) is 6. The Kier molecular flexibility index (Phi) is 12.1. The van der Waals surface area contributed by atoms with Crippen molar-refractivity contribution in [1.29, 1.82) is 0 Å². The average Bonchev–Trinajstić information content (AvgIpc) is 3.69. The molecule has 11 nitrogen and oxygen atoms in total. The summed E-state index contributed by atoms with van der Waals surface area (Å²) in [7, 11) is 1.61. The second kappa shape index (κ2) is 18.1. The zero-order valence-corrected chi connectivity index (χ0v) is 32.7. The largest absolute Gasteiger partial charge is 0.494 e. The Morgan fingerprint density at radius 2 is 1.47 bits per heavy atom. The van der Waals surface area contributed by atoms with Crippen LogP contribution in [0.1, 0.15) is 68.1 Å². The molecule has 3 aliphatic rings. The van der Waals surface area contributed by atoms with E-state index in [1.54, 1.807) is 17.7 Å². The van der Waals surface area contributed by atoms with Gasteiger partial charge in [0.05, 0.1) is 67.4 Å². The maximum Gasteiger partial charge on any atom is 0.266 e. The number of aliphatic imine (C=N–C) groups is 1. The Hall–Kier alpha value is -5.68. The number of benzene rings is 4. The summed E-state index contributed by atoms with van der Waals surface area (Å²) in [6.07, 6.45) is 11.4. The molecule has 2 saturated heterocycles. The number of hydrogen-bond acceptors (Lipinski definition) is 9. The number of carbonyl (C=O) groups is 1. The van der Waals surface area contributed by atoms with Gasteiger partial charge in [0.2, 0.25) is 0 Å². The van der Waals surface area contributed by atoms with Crippen LogP contribution in [0.4, 0.5) is 11.4 Å². The highest BCUT2D eigenvalue weighted by molar-refractivity contribution is 6.03. The number of nitrogens with zero attached hydrogens (tertiary/aromatic N) is 5. The SMILES string of the molecule is COc1cc2c(cc1OCCCCCCCCCOc1ccc(-n3c(-c4ccccc4)nc4ccc(N5CCOCC5)cc4c3=O)cc1)N=C[C@@H]1CCCN1C2=O. The van der Waals surface area contributed by atoms with Crippen LogP contribution in [0.2, 0.25) is 0 Å². The number of ether oxygens (including phenoxy) is 4. The molecule has 0 radical (unpaired) electrons. The minimum Gasteiger partial charge on any atom is -0.494 e. The molecule has 0 spiro atoms. The number of rotatable bonds is 16. The second-order valence-corrected chi connectivity index (χ2v) is 14.9. The van der Waals surface area contributed by atoms with Gasteiger partial charge in [-0.05, 0) is 74.2 Å². The zero-order chi connectivity index (χ0) is 39.0. The topological polar surface area (TPSA) is 108 Å². The minimum absolute atomic E-state index is 0.0151. The molecule has 1 atom stereocenters. The molecule has 5 aromatic rings. The highest BCUT2D eigenvalue weighted by Crippen LogP contribution is 2.38. The van der Waals surface area contributed by atoms with Gasteiger partial charge < -0.3 is 28.7 Å². The lowest BCUT2D eigenvalue weighted by Crippen LogP contribution is -2.36. The van der Waals surface area contributed by atoms with Crippen LogP contribution in [0, 0.1) is 0 Å². The van der Waals surface area contributed by atoms with Crippen molar-refractivity contribution in [3.8, 4) is 34.3 Å². The first kappa shape index (κ1) is 38.2. The van der Waals surface area contributed by atoms with E-state index >= 15 is 0 Å². The van der Waals surface area contributed by atoms with Crippen molar-refractivity contribution < 1.29 is 23.7 Å². The summed E-state index contributed by atoms with van der Waals surface area (Å²) in [5, 5.41) is 0.587. The third kappa shape index (κ3) is 8.68. The quantitative estimate of drug-likeness (QED) is 0.0922. The van der Waals surface area contributed by atoms with Gasteiger partial charge in [-0.15, -0.1) is 0 Å². The van der Waals surface area contributed by atoms with Crippen molar-refractivity contribution in [2.45, 2.75) is 63.8 Å². The summed E-state index contributed by atoms with van der Waals surface area (Å²) in [6.45, 7) is 4.94. The maximum absolute atomic E-state index is 14.2. The molecule has 3 aliphatic heterocycles. The zero-order valence-electron chi connectivity index (χ0n) is 32.7. The van der Waals surface area contributed by atoms with Crippen molar-refractivity contribution in [2.75, 3.05) is 58.1 Å². The molecule has 57 heavy (non-hydrogen) atoms. The molecule has 2 fully saturated rings. The molecule has 8 rings (SSSR count). The van der Waals surface area contributed by atoms with Gasteiger partial charge in [-0.3, -0.25) is 19.1 Å². The molecule has 0 unspecified atom stereocenters. The fourth-order valence-electron chi connectivity index (χ4n) is 7.98. The predicted molar refractivity (Wildman–Crippen MR) is 224 cm³/mol. The predicted octanol–water partition coefficient (Wildman–Crippen LogP) is 8.41. The number of methoxy groups -OCH3 is 1. The molecule has 0 aliphatic carbocycles. The van der Waals surface area contributed by atoms with Crippen LogP contribution >= 0.6 is 0 Å². The molecule has 11 heteroatoms. The lowest BCUT2D eigenvalue weighted by Gasteiger charge is -2.29. The summed E-state index contributed by atoms with van der Waals surface area (Å²) in [5.41, 5.74) is 4.42. The van der Waals surface area contributed by atoms with Gasteiger partial charge in [-0.2, -0.15) is 0 Å². The second-order valence-electron chi connectivity index (χ2n) is 14.9. The third-order valence-corrected chi connectivity index (χ3v) is 11.1. The van der Waals surface area contributed by atoms with Gasteiger partial charge in [0.25, 0.3) is 11.5 Å². The summed E-state index contributed by atoms with van der Waals surface area (Å²) in [5.74, 6) is 2.60. The number of anilines is 1. The minimum atomic E-state index is -0.102.